The van der Waals surface area contributed by atoms with Crippen molar-refractivity contribution in [2.75, 3.05) is 44.7 Å². The molecular formula is C22H29N3O6S2. The van der Waals surface area contributed by atoms with Crippen LogP contribution in [0, 0.1) is 5.92 Å². The maximum atomic E-state index is 13.2. The molecule has 1 atom stereocenters. The van der Waals surface area contributed by atoms with Crippen molar-refractivity contribution in [3.8, 4) is 0 Å². The van der Waals surface area contributed by atoms with E-state index in [0.717, 1.165) is 4.90 Å². The van der Waals surface area contributed by atoms with Gasteiger partial charge in [-0.2, -0.15) is 4.31 Å². The molecule has 5 rings (SSSR count). The molecule has 0 saturated carbocycles. The highest BCUT2D eigenvalue weighted by molar-refractivity contribution is 8.01. The molecule has 1 aromatic rings. The van der Waals surface area contributed by atoms with Crippen molar-refractivity contribution in [1.82, 2.24) is 9.21 Å². The monoisotopic (exact) mass is 495 g/mol. The van der Waals surface area contributed by atoms with Crippen molar-refractivity contribution in [3.05, 3.63) is 18.2 Å². The molecular weight excluding hydrogens is 466 g/mol. The number of hydrogen-bond acceptors (Lipinski definition) is 7. The van der Waals surface area contributed by atoms with Gasteiger partial charge in [-0.1, -0.05) is 0 Å². The van der Waals surface area contributed by atoms with Gasteiger partial charge >= 0.3 is 0 Å². The first-order valence-electron chi connectivity index (χ1n) is 11.5. The third-order valence-electron chi connectivity index (χ3n) is 6.97. The van der Waals surface area contributed by atoms with Crippen molar-refractivity contribution in [1.29, 1.82) is 0 Å². The van der Waals surface area contributed by atoms with Crippen LogP contribution in [0.15, 0.2) is 28.0 Å². The SMILES string of the molecule is C[C@@H]1Sc2ccc(S(=O)(=O)N3CCC(C(=O)N4CCC5(CC4)OCCO5)CC3)cc2NC1=O. The molecule has 2 amide bonds. The Morgan fingerprint density at radius 3 is 2.45 bits per heavy atom. The number of ether oxygens (including phenoxy) is 2. The summed E-state index contributed by atoms with van der Waals surface area (Å²) in [5, 5.41) is 2.58. The van der Waals surface area contributed by atoms with Gasteiger partial charge in [0.15, 0.2) is 5.79 Å². The number of amides is 2. The number of rotatable bonds is 3. The number of piperidine rings is 2. The number of likely N-dealkylation sites (tertiary alicyclic amines) is 1. The molecule has 0 unspecified atom stereocenters. The summed E-state index contributed by atoms with van der Waals surface area (Å²) in [7, 11) is -3.70. The number of thioether (sulfide) groups is 1. The zero-order chi connectivity index (χ0) is 23.2. The van der Waals surface area contributed by atoms with Crippen LogP contribution in [-0.4, -0.2) is 79.9 Å². The summed E-state index contributed by atoms with van der Waals surface area (Å²) < 4.78 is 39.4. The van der Waals surface area contributed by atoms with Crippen LogP contribution < -0.4 is 5.32 Å². The number of fused-ring (bicyclic) bond motifs is 1. The van der Waals surface area contributed by atoms with Gasteiger partial charge in [-0.25, -0.2) is 8.42 Å². The molecule has 1 spiro atoms. The van der Waals surface area contributed by atoms with Gasteiger partial charge in [-0.15, -0.1) is 11.8 Å². The second-order valence-corrected chi connectivity index (χ2v) is 12.3. The largest absolute Gasteiger partial charge is 0.347 e. The number of sulfonamides is 1. The van der Waals surface area contributed by atoms with Gasteiger partial charge in [0.25, 0.3) is 0 Å². The second kappa shape index (κ2) is 8.84. The van der Waals surface area contributed by atoms with Gasteiger partial charge in [-0.3, -0.25) is 9.59 Å². The minimum Gasteiger partial charge on any atom is -0.347 e. The summed E-state index contributed by atoms with van der Waals surface area (Å²) in [6.07, 6.45) is 2.36. The molecule has 3 fully saturated rings. The van der Waals surface area contributed by atoms with Gasteiger partial charge in [0, 0.05) is 49.8 Å². The normalized spacial score (nSPS) is 26.3. The van der Waals surface area contributed by atoms with Crippen LogP contribution >= 0.6 is 11.8 Å². The molecule has 3 saturated heterocycles. The third kappa shape index (κ3) is 4.41. The fourth-order valence-electron chi connectivity index (χ4n) is 4.95. The van der Waals surface area contributed by atoms with Gasteiger partial charge in [-0.05, 0) is 38.0 Å². The lowest BCUT2D eigenvalue weighted by Crippen LogP contribution is -2.50. The lowest BCUT2D eigenvalue weighted by atomic mass is 9.94. The molecule has 0 aliphatic carbocycles. The van der Waals surface area contributed by atoms with E-state index in [0.29, 0.717) is 70.8 Å². The zero-order valence-electron chi connectivity index (χ0n) is 18.6. The minimum absolute atomic E-state index is 0.0996. The van der Waals surface area contributed by atoms with Gasteiger partial charge < -0.3 is 19.7 Å². The van der Waals surface area contributed by atoms with E-state index in [-0.39, 0.29) is 27.9 Å². The summed E-state index contributed by atoms with van der Waals surface area (Å²) in [6.45, 7) is 4.85. The number of anilines is 1. The van der Waals surface area contributed by atoms with E-state index < -0.39 is 15.8 Å². The number of carbonyl (C=O) groups is 2. The zero-order valence-corrected chi connectivity index (χ0v) is 20.3. The van der Waals surface area contributed by atoms with E-state index in [2.05, 4.69) is 5.32 Å². The van der Waals surface area contributed by atoms with E-state index in [1.165, 1.54) is 22.1 Å². The maximum absolute atomic E-state index is 13.2. The van der Waals surface area contributed by atoms with Crippen LogP contribution in [0.2, 0.25) is 0 Å². The molecule has 4 aliphatic rings. The summed E-state index contributed by atoms with van der Waals surface area (Å²) in [6, 6.07) is 4.88. The first kappa shape index (κ1) is 23.1. The van der Waals surface area contributed by atoms with Crippen LogP contribution in [-0.2, 0) is 29.1 Å². The molecule has 11 heteroatoms. The number of hydrogen-bond donors (Lipinski definition) is 1. The summed E-state index contributed by atoms with van der Waals surface area (Å²) in [5.41, 5.74) is 0.535. The Hall–Kier alpha value is -1.66. The van der Waals surface area contributed by atoms with Gasteiger partial charge in [0.2, 0.25) is 21.8 Å². The Kier molecular flexibility index (Phi) is 6.19. The predicted molar refractivity (Wildman–Crippen MR) is 122 cm³/mol. The molecule has 4 aliphatic heterocycles. The van der Waals surface area contributed by atoms with Crippen molar-refractivity contribution < 1.29 is 27.5 Å². The highest BCUT2D eigenvalue weighted by Gasteiger charge is 2.42. The van der Waals surface area contributed by atoms with Crippen LogP contribution in [0.1, 0.15) is 32.6 Å². The van der Waals surface area contributed by atoms with Crippen LogP contribution in [0.5, 0.6) is 0 Å². The highest BCUT2D eigenvalue weighted by atomic mass is 32.2. The Morgan fingerprint density at radius 2 is 1.79 bits per heavy atom. The van der Waals surface area contributed by atoms with Crippen LogP contribution in [0.25, 0.3) is 0 Å². The molecule has 1 N–H and O–H groups in total. The van der Waals surface area contributed by atoms with Gasteiger partial charge in [0.05, 0.1) is 29.0 Å². The maximum Gasteiger partial charge on any atom is 0.243 e. The van der Waals surface area contributed by atoms with Crippen molar-refractivity contribution in [3.63, 3.8) is 0 Å². The van der Waals surface area contributed by atoms with Crippen molar-refractivity contribution >= 4 is 39.3 Å². The molecule has 0 bridgehead atoms. The standard InChI is InChI=1S/C22H29N3O6S2/c1-15-20(26)23-18-14-17(2-3-19(18)32-15)33(28,29)25-8-4-16(5-9-25)21(27)24-10-6-22(7-11-24)30-12-13-31-22/h2-3,14-16H,4-13H2,1H3,(H,23,26)/t15-/m0/s1. The topological polar surface area (TPSA) is 105 Å². The molecule has 0 radical (unpaired) electrons. The lowest BCUT2D eigenvalue weighted by Gasteiger charge is -2.40. The summed E-state index contributed by atoms with van der Waals surface area (Å²) >= 11 is 1.42. The number of carbonyl (C=O) groups excluding carboxylic acids is 2. The lowest BCUT2D eigenvalue weighted by molar-refractivity contribution is -0.188. The van der Waals surface area contributed by atoms with E-state index >= 15 is 0 Å². The first-order chi connectivity index (χ1) is 15.8. The molecule has 1 aromatic carbocycles. The van der Waals surface area contributed by atoms with Crippen molar-refractivity contribution in [2.45, 2.75) is 53.4 Å². The molecule has 0 aromatic heterocycles. The smallest absolute Gasteiger partial charge is 0.243 e. The van der Waals surface area contributed by atoms with Crippen LogP contribution in [0.3, 0.4) is 0 Å². The summed E-state index contributed by atoms with van der Waals surface area (Å²) in [4.78, 5) is 27.9. The van der Waals surface area contributed by atoms with E-state index in [1.807, 2.05) is 11.8 Å². The van der Waals surface area contributed by atoms with E-state index in [4.69, 9.17) is 9.47 Å². The van der Waals surface area contributed by atoms with Gasteiger partial charge in [0.1, 0.15) is 0 Å². The predicted octanol–water partition coefficient (Wildman–Crippen LogP) is 1.89. The first-order valence-corrected chi connectivity index (χ1v) is 13.8. The molecule has 180 valence electrons. The number of nitrogens with one attached hydrogen (secondary N) is 1. The average molecular weight is 496 g/mol. The van der Waals surface area contributed by atoms with Crippen LogP contribution in [0.4, 0.5) is 5.69 Å². The second-order valence-electron chi connectivity index (χ2n) is 9.02. The minimum atomic E-state index is -3.70. The van der Waals surface area contributed by atoms with E-state index in [1.54, 1.807) is 12.1 Å². The summed E-state index contributed by atoms with van der Waals surface area (Å²) in [5.74, 6) is -0.714. The number of nitrogens with zero attached hydrogens (tertiary/aromatic N) is 2. The Balaban J connectivity index is 1.20. The fraction of sp³-hybridized carbons (Fsp3) is 0.636. The third-order valence-corrected chi connectivity index (χ3v) is 10.0. The molecule has 33 heavy (non-hydrogen) atoms. The Morgan fingerprint density at radius 1 is 1.12 bits per heavy atom. The molecule has 4 heterocycles. The Labute approximate surface area is 198 Å². The fourth-order valence-corrected chi connectivity index (χ4v) is 7.38. The quantitative estimate of drug-likeness (QED) is 0.683. The van der Waals surface area contributed by atoms with Crippen molar-refractivity contribution in [2.24, 2.45) is 5.92 Å². The molecule has 9 nitrogen and oxygen atoms in total. The highest BCUT2D eigenvalue weighted by Crippen LogP contribution is 2.38. The number of benzene rings is 1. The Bertz CT molecular complexity index is 1040. The van der Waals surface area contributed by atoms with E-state index in [9.17, 15) is 18.0 Å². The average Bonchev–Trinajstić information content (AvgIpc) is 3.27.